The molecule has 0 radical (unpaired) electrons. The number of rotatable bonds is 3. The normalized spacial score (nSPS) is 10.6. The minimum atomic E-state index is -0.0319. The highest BCUT2D eigenvalue weighted by Crippen LogP contribution is 2.31. The SMILES string of the molecule is COc1nnc(OCCl)c2onc(C)c12. The lowest BCUT2D eigenvalue weighted by molar-refractivity contribution is 0.346. The molecule has 0 unspecified atom stereocenters. The average molecular weight is 230 g/mol. The molecule has 7 heteroatoms. The van der Waals surface area contributed by atoms with Gasteiger partial charge in [-0.25, -0.2) is 0 Å². The Hall–Kier alpha value is -1.56. The van der Waals surface area contributed by atoms with E-state index in [1.807, 2.05) is 0 Å². The summed E-state index contributed by atoms with van der Waals surface area (Å²) in [5, 5.41) is 12.0. The maximum atomic E-state index is 5.43. The summed E-state index contributed by atoms with van der Waals surface area (Å²) in [5.74, 6) is 0.562. The van der Waals surface area contributed by atoms with Crippen LogP contribution in [0, 0.1) is 6.92 Å². The quantitative estimate of drug-likeness (QED) is 0.743. The van der Waals surface area contributed by atoms with Gasteiger partial charge in [0.15, 0.2) is 6.07 Å². The third-order valence-corrected chi connectivity index (χ3v) is 2.00. The maximum Gasteiger partial charge on any atom is 0.282 e. The van der Waals surface area contributed by atoms with Crippen LogP contribution in [0.5, 0.6) is 11.8 Å². The molecule has 0 atom stereocenters. The van der Waals surface area contributed by atoms with Crippen LogP contribution < -0.4 is 9.47 Å². The van der Waals surface area contributed by atoms with E-state index >= 15 is 0 Å². The second-order valence-corrected chi connectivity index (χ2v) is 2.96. The molecule has 0 amide bonds. The topological polar surface area (TPSA) is 70.3 Å². The highest BCUT2D eigenvalue weighted by atomic mass is 35.5. The minimum Gasteiger partial charge on any atom is -0.479 e. The van der Waals surface area contributed by atoms with Gasteiger partial charge in [-0.1, -0.05) is 16.8 Å². The molecule has 2 aromatic heterocycles. The first-order valence-corrected chi connectivity index (χ1v) is 4.66. The molecule has 2 aromatic rings. The summed E-state index contributed by atoms with van der Waals surface area (Å²) in [6.45, 7) is 1.78. The molecule has 6 nitrogen and oxygen atoms in total. The number of alkyl halides is 1. The first-order chi connectivity index (χ1) is 7.27. The zero-order chi connectivity index (χ0) is 10.8. The van der Waals surface area contributed by atoms with E-state index in [0.29, 0.717) is 22.5 Å². The molecule has 2 rings (SSSR count). The van der Waals surface area contributed by atoms with Gasteiger partial charge in [0.2, 0.25) is 11.5 Å². The first-order valence-electron chi connectivity index (χ1n) is 4.13. The van der Waals surface area contributed by atoms with Crippen molar-refractivity contribution in [3.8, 4) is 11.8 Å². The molecule has 15 heavy (non-hydrogen) atoms. The van der Waals surface area contributed by atoms with Crippen molar-refractivity contribution < 1.29 is 14.0 Å². The van der Waals surface area contributed by atoms with Gasteiger partial charge >= 0.3 is 0 Å². The van der Waals surface area contributed by atoms with Crippen LogP contribution in [0.15, 0.2) is 4.52 Å². The lowest BCUT2D eigenvalue weighted by Crippen LogP contribution is -1.97. The molecule has 0 aliphatic heterocycles. The molecule has 0 aliphatic rings. The number of ether oxygens (including phenoxy) is 2. The zero-order valence-electron chi connectivity index (χ0n) is 8.15. The van der Waals surface area contributed by atoms with Gasteiger partial charge in [-0.15, -0.1) is 10.2 Å². The number of aromatic nitrogens is 3. The number of fused-ring (bicyclic) bond motifs is 1. The van der Waals surface area contributed by atoms with E-state index in [0.717, 1.165) is 0 Å². The smallest absolute Gasteiger partial charge is 0.282 e. The standard InChI is InChI=1S/C8H8ClN3O3/c1-4-5-6(15-12-4)8(14-3-9)11-10-7(5)13-2/h3H2,1-2H3. The van der Waals surface area contributed by atoms with Crippen molar-refractivity contribution in [2.75, 3.05) is 13.2 Å². The molecule has 0 saturated heterocycles. The van der Waals surface area contributed by atoms with E-state index in [2.05, 4.69) is 15.4 Å². The molecular formula is C8H8ClN3O3. The Bertz CT molecular complexity index is 485. The van der Waals surface area contributed by atoms with Crippen molar-refractivity contribution in [1.29, 1.82) is 0 Å². The van der Waals surface area contributed by atoms with Crippen LogP contribution >= 0.6 is 11.6 Å². The van der Waals surface area contributed by atoms with Gasteiger partial charge in [0, 0.05) is 0 Å². The van der Waals surface area contributed by atoms with Gasteiger partial charge < -0.3 is 14.0 Å². The molecule has 0 fully saturated rings. The van der Waals surface area contributed by atoms with Crippen LogP contribution in [0.2, 0.25) is 0 Å². The van der Waals surface area contributed by atoms with Crippen molar-refractivity contribution in [3.05, 3.63) is 5.69 Å². The number of halogens is 1. The predicted molar refractivity (Wildman–Crippen MR) is 52.2 cm³/mol. The predicted octanol–water partition coefficient (Wildman–Crippen LogP) is 1.51. The Morgan fingerprint density at radius 2 is 2.07 bits per heavy atom. The summed E-state index contributed by atoms with van der Waals surface area (Å²) in [5.41, 5.74) is 1.05. The molecule has 0 aliphatic carbocycles. The molecule has 0 saturated carbocycles. The third kappa shape index (κ3) is 1.56. The number of methoxy groups -OCH3 is 1. The van der Waals surface area contributed by atoms with Gasteiger partial charge in [0.1, 0.15) is 5.39 Å². The van der Waals surface area contributed by atoms with Crippen LogP contribution in [0.4, 0.5) is 0 Å². The van der Waals surface area contributed by atoms with Gasteiger partial charge in [0.05, 0.1) is 12.8 Å². The summed E-state index contributed by atoms with van der Waals surface area (Å²) in [7, 11) is 1.50. The highest BCUT2D eigenvalue weighted by Gasteiger charge is 2.18. The number of hydrogen-bond acceptors (Lipinski definition) is 6. The molecule has 2 heterocycles. The van der Waals surface area contributed by atoms with E-state index in [-0.39, 0.29) is 11.9 Å². The lowest BCUT2D eigenvalue weighted by atomic mass is 10.3. The average Bonchev–Trinajstić information content (AvgIpc) is 2.63. The Balaban J connectivity index is 2.68. The second kappa shape index (κ2) is 3.90. The fraction of sp³-hybridized carbons (Fsp3) is 0.375. The lowest BCUT2D eigenvalue weighted by Gasteiger charge is -2.02. The van der Waals surface area contributed by atoms with E-state index in [1.54, 1.807) is 6.92 Å². The number of aryl methyl sites for hydroxylation is 1. The van der Waals surface area contributed by atoms with Crippen LogP contribution in [0.1, 0.15) is 5.69 Å². The van der Waals surface area contributed by atoms with E-state index in [1.165, 1.54) is 7.11 Å². The molecule has 0 bridgehead atoms. The van der Waals surface area contributed by atoms with Crippen LogP contribution in [-0.4, -0.2) is 28.5 Å². The number of hydrogen-bond donors (Lipinski definition) is 0. The van der Waals surface area contributed by atoms with Crippen molar-refractivity contribution >= 4 is 22.6 Å². The Labute approximate surface area is 90.1 Å². The second-order valence-electron chi connectivity index (χ2n) is 2.74. The van der Waals surface area contributed by atoms with Gasteiger partial charge in [0.25, 0.3) is 5.88 Å². The third-order valence-electron chi connectivity index (χ3n) is 1.89. The Morgan fingerprint density at radius 3 is 2.73 bits per heavy atom. The van der Waals surface area contributed by atoms with Crippen LogP contribution in [-0.2, 0) is 0 Å². The van der Waals surface area contributed by atoms with Crippen molar-refractivity contribution in [2.45, 2.75) is 6.92 Å². The van der Waals surface area contributed by atoms with Crippen molar-refractivity contribution in [2.24, 2.45) is 0 Å². The monoisotopic (exact) mass is 229 g/mol. The van der Waals surface area contributed by atoms with Gasteiger partial charge in [-0.2, -0.15) is 0 Å². The van der Waals surface area contributed by atoms with Crippen LogP contribution in [0.25, 0.3) is 11.0 Å². The van der Waals surface area contributed by atoms with Crippen LogP contribution in [0.3, 0.4) is 0 Å². The summed E-state index contributed by atoms with van der Waals surface area (Å²) < 4.78 is 15.1. The Kier molecular flexibility index (Phi) is 2.59. The summed E-state index contributed by atoms with van der Waals surface area (Å²) in [4.78, 5) is 0. The summed E-state index contributed by atoms with van der Waals surface area (Å²) in [6, 6.07) is -0.0319. The fourth-order valence-electron chi connectivity index (χ4n) is 1.24. The van der Waals surface area contributed by atoms with E-state index < -0.39 is 0 Å². The van der Waals surface area contributed by atoms with Gasteiger partial charge in [-0.05, 0) is 6.92 Å². The minimum absolute atomic E-state index is 0.0319. The molecule has 0 spiro atoms. The molecule has 0 N–H and O–H groups in total. The Morgan fingerprint density at radius 1 is 1.33 bits per heavy atom. The van der Waals surface area contributed by atoms with E-state index in [9.17, 15) is 0 Å². The largest absolute Gasteiger partial charge is 0.479 e. The molecular weight excluding hydrogens is 222 g/mol. The molecule has 80 valence electrons. The van der Waals surface area contributed by atoms with E-state index in [4.69, 9.17) is 25.6 Å². The maximum absolute atomic E-state index is 5.43. The van der Waals surface area contributed by atoms with Crippen molar-refractivity contribution in [3.63, 3.8) is 0 Å². The number of nitrogens with zero attached hydrogens (tertiary/aromatic N) is 3. The highest BCUT2D eigenvalue weighted by molar-refractivity contribution is 6.17. The summed E-state index contributed by atoms with van der Waals surface area (Å²) >= 11 is 5.43. The van der Waals surface area contributed by atoms with Gasteiger partial charge in [-0.3, -0.25) is 0 Å². The zero-order valence-corrected chi connectivity index (χ0v) is 8.91. The molecule has 0 aromatic carbocycles. The first kappa shape index (κ1) is 9.97. The van der Waals surface area contributed by atoms with Crippen molar-refractivity contribution in [1.82, 2.24) is 15.4 Å². The summed E-state index contributed by atoms with van der Waals surface area (Å²) in [6.07, 6.45) is 0. The fourth-order valence-corrected chi connectivity index (χ4v) is 1.35.